The molecule has 0 aromatic heterocycles. The normalized spacial score (nSPS) is 17.0. The van der Waals surface area contributed by atoms with Crippen molar-refractivity contribution >= 4 is 47.4 Å². The van der Waals surface area contributed by atoms with Crippen molar-refractivity contribution in [3.8, 4) is 34.5 Å². The maximum atomic E-state index is 15.0. The lowest BCUT2D eigenvalue weighted by atomic mass is 9.49. The van der Waals surface area contributed by atoms with Crippen LogP contribution in [0.1, 0.15) is 85.2 Å². The zero-order valence-electron chi connectivity index (χ0n) is 31.1. The fourth-order valence-electron chi connectivity index (χ4n) is 6.79. The number of carbonyl (C=O) groups excluding carboxylic acids is 8. The van der Waals surface area contributed by atoms with Gasteiger partial charge in [-0.25, -0.2) is 0 Å². The molecule has 1 saturated carbocycles. The highest BCUT2D eigenvalue weighted by Crippen LogP contribution is 2.60. The SMILES string of the molecule is CC(=O)Oc1ccc([C@@H]2[C@@H](C(=O)c3ccc(OC(C)=O)cc3OC(C)=O)[C@H](C(=O)c3ccc(OC(C)=O)cc3OC(C)=O)[C@H]2c2ccc(OC(C)=O)cc2)cc1. The van der Waals surface area contributed by atoms with Crippen molar-refractivity contribution in [2.45, 2.75) is 53.4 Å². The zero-order chi connectivity index (χ0) is 40.8. The molecule has 0 amide bonds. The van der Waals surface area contributed by atoms with Crippen molar-refractivity contribution in [1.29, 1.82) is 0 Å². The second-order valence-electron chi connectivity index (χ2n) is 12.8. The monoisotopic (exact) mass is 764 g/mol. The molecule has 4 atom stereocenters. The molecule has 1 aliphatic carbocycles. The largest absolute Gasteiger partial charge is 0.427 e. The topological polar surface area (TPSA) is 192 Å². The van der Waals surface area contributed by atoms with Crippen LogP contribution in [0.4, 0.5) is 0 Å². The highest BCUT2D eigenvalue weighted by molar-refractivity contribution is 6.10. The molecular weight excluding hydrogens is 728 g/mol. The van der Waals surface area contributed by atoms with Gasteiger partial charge in [-0.2, -0.15) is 0 Å². The Morgan fingerprint density at radius 2 is 0.625 bits per heavy atom. The lowest BCUT2D eigenvalue weighted by molar-refractivity contribution is -0.133. The molecule has 5 rings (SSSR count). The minimum absolute atomic E-state index is 0.00575. The van der Waals surface area contributed by atoms with Gasteiger partial charge in [-0.15, -0.1) is 0 Å². The molecule has 0 spiro atoms. The van der Waals surface area contributed by atoms with Gasteiger partial charge in [0.05, 0.1) is 11.1 Å². The van der Waals surface area contributed by atoms with E-state index in [0.717, 1.165) is 13.8 Å². The number of Topliss-reactive ketones (excluding diaryl/α,β-unsaturated/α-hetero) is 2. The van der Waals surface area contributed by atoms with Crippen molar-refractivity contribution in [2.24, 2.45) is 11.8 Å². The van der Waals surface area contributed by atoms with Crippen LogP contribution in [-0.4, -0.2) is 47.4 Å². The van der Waals surface area contributed by atoms with E-state index >= 15 is 0 Å². The van der Waals surface area contributed by atoms with Gasteiger partial charge in [0.2, 0.25) is 0 Å². The molecule has 14 heteroatoms. The Morgan fingerprint density at radius 1 is 0.357 bits per heavy atom. The number of ketones is 2. The first kappa shape index (κ1) is 40.2. The fraction of sp³-hybridized carbons (Fsp3) is 0.238. The molecule has 0 heterocycles. The Morgan fingerprint density at radius 3 is 0.911 bits per heavy atom. The predicted octanol–water partition coefficient (Wildman–Crippen LogP) is 6.12. The second kappa shape index (κ2) is 17.0. The van der Waals surface area contributed by atoms with Gasteiger partial charge in [-0.3, -0.25) is 38.4 Å². The van der Waals surface area contributed by atoms with Crippen LogP contribution in [0.3, 0.4) is 0 Å². The molecule has 14 nitrogen and oxygen atoms in total. The molecular formula is C42H36O14. The summed E-state index contributed by atoms with van der Waals surface area (Å²) in [5.74, 6) is -9.13. The van der Waals surface area contributed by atoms with E-state index in [-0.39, 0.29) is 45.6 Å². The zero-order valence-corrected chi connectivity index (χ0v) is 31.1. The third-order valence-electron chi connectivity index (χ3n) is 8.67. The van der Waals surface area contributed by atoms with Crippen molar-refractivity contribution in [1.82, 2.24) is 0 Å². The van der Waals surface area contributed by atoms with Crippen LogP contribution in [0.15, 0.2) is 84.9 Å². The molecule has 0 aliphatic heterocycles. The van der Waals surface area contributed by atoms with Crippen molar-refractivity contribution < 1.29 is 66.8 Å². The minimum atomic E-state index is -1.19. The van der Waals surface area contributed by atoms with Crippen molar-refractivity contribution in [2.75, 3.05) is 0 Å². The van der Waals surface area contributed by atoms with E-state index in [1.807, 2.05) is 0 Å². The maximum absolute atomic E-state index is 15.0. The van der Waals surface area contributed by atoms with Gasteiger partial charge in [0.25, 0.3) is 0 Å². The van der Waals surface area contributed by atoms with E-state index < -0.39 is 71.1 Å². The average Bonchev–Trinajstić information content (AvgIpc) is 3.08. The summed E-state index contributed by atoms with van der Waals surface area (Å²) in [7, 11) is 0. The molecule has 0 bridgehead atoms. The first-order valence-electron chi connectivity index (χ1n) is 17.2. The van der Waals surface area contributed by atoms with Crippen LogP contribution in [0.25, 0.3) is 0 Å². The van der Waals surface area contributed by atoms with Gasteiger partial charge >= 0.3 is 35.8 Å². The Kier molecular flexibility index (Phi) is 12.2. The number of rotatable bonds is 12. The summed E-state index contributed by atoms with van der Waals surface area (Å²) >= 11 is 0. The molecule has 0 N–H and O–H groups in total. The Labute approximate surface area is 320 Å². The highest BCUT2D eigenvalue weighted by Gasteiger charge is 2.58. The Balaban J connectivity index is 1.73. The van der Waals surface area contributed by atoms with Crippen molar-refractivity contribution in [3.05, 3.63) is 107 Å². The average molecular weight is 765 g/mol. The summed E-state index contributed by atoms with van der Waals surface area (Å²) in [6, 6.07) is 20.5. The predicted molar refractivity (Wildman–Crippen MR) is 195 cm³/mol. The van der Waals surface area contributed by atoms with E-state index in [2.05, 4.69) is 0 Å². The van der Waals surface area contributed by atoms with Crippen LogP contribution < -0.4 is 28.4 Å². The second-order valence-corrected chi connectivity index (χ2v) is 12.8. The van der Waals surface area contributed by atoms with Gasteiger partial charge in [-0.05, 0) is 59.7 Å². The minimum Gasteiger partial charge on any atom is -0.427 e. The van der Waals surface area contributed by atoms with Crippen LogP contribution in [0, 0.1) is 11.8 Å². The number of carbonyl (C=O) groups is 8. The number of esters is 6. The third kappa shape index (κ3) is 9.39. The third-order valence-corrected chi connectivity index (χ3v) is 8.67. The molecule has 1 aliphatic rings. The fourth-order valence-corrected chi connectivity index (χ4v) is 6.79. The van der Waals surface area contributed by atoms with Crippen LogP contribution in [0.2, 0.25) is 0 Å². The number of hydrogen-bond donors (Lipinski definition) is 0. The summed E-state index contributed by atoms with van der Waals surface area (Å²) in [4.78, 5) is 101. The Bertz CT molecular complexity index is 2080. The van der Waals surface area contributed by atoms with Crippen molar-refractivity contribution in [3.63, 3.8) is 0 Å². The molecule has 0 unspecified atom stereocenters. The first-order chi connectivity index (χ1) is 26.5. The summed E-state index contributed by atoms with van der Waals surface area (Å²) in [5, 5.41) is 0. The summed E-state index contributed by atoms with van der Waals surface area (Å²) in [6.45, 7) is 7.10. The van der Waals surface area contributed by atoms with E-state index in [1.54, 1.807) is 48.5 Å². The van der Waals surface area contributed by atoms with Gasteiger partial charge in [0.1, 0.15) is 34.5 Å². The van der Waals surface area contributed by atoms with Crippen LogP contribution in [0.5, 0.6) is 34.5 Å². The molecule has 0 saturated heterocycles. The van der Waals surface area contributed by atoms with Crippen LogP contribution >= 0.6 is 0 Å². The smallest absolute Gasteiger partial charge is 0.308 e. The molecule has 4 aromatic rings. The van der Waals surface area contributed by atoms with Gasteiger partial charge in [-0.1, -0.05) is 24.3 Å². The molecule has 1 fully saturated rings. The number of ether oxygens (including phenoxy) is 6. The lowest BCUT2D eigenvalue weighted by Crippen LogP contribution is -2.51. The summed E-state index contributed by atoms with van der Waals surface area (Å²) in [6.07, 6.45) is 0. The van der Waals surface area contributed by atoms with Gasteiger partial charge in [0, 0.05) is 77.3 Å². The van der Waals surface area contributed by atoms with E-state index in [1.165, 1.54) is 64.1 Å². The Hall–Kier alpha value is -6.96. The first-order valence-corrected chi connectivity index (χ1v) is 17.2. The molecule has 4 aromatic carbocycles. The lowest BCUT2D eigenvalue weighted by Gasteiger charge is -2.51. The summed E-state index contributed by atoms with van der Waals surface area (Å²) in [5.41, 5.74) is 0.922. The maximum Gasteiger partial charge on any atom is 0.308 e. The standard InChI is InChI=1S/C42H36O14/c1-21(43)51-29-11-7-27(8-12-29)37-38(28-9-13-30(14-10-28)52-22(2)44)40(42(50)34-18-16-32(54-24(4)46)20-36(34)56-26(6)48)39(37)41(49)33-17-15-31(53-23(3)45)19-35(33)55-25(5)47/h7-20,37-40H,1-6H3/t37-,38-,39+,40+/m0/s1. The number of hydrogen-bond acceptors (Lipinski definition) is 14. The van der Waals surface area contributed by atoms with E-state index in [4.69, 9.17) is 28.4 Å². The van der Waals surface area contributed by atoms with Crippen LogP contribution in [-0.2, 0) is 28.8 Å². The van der Waals surface area contributed by atoms with Gasteiger partial charge < -0.3 is 28.4 Å². The summed E-state index contributed by atoms with van der Waals surface area (Å²) < 4.78 is 31.6. The quantitative estimate of drug-likeness (QED) is 0.0910. The highest BCUT2D eigenvalue weighted by atomic mass is 16.6. The molecule has 288 valence electrons. The van der Waals surface area contributed by atoms with Gasteiger partial charge in [0.15, 0.2) is 11.6 Å². The van der Waals surface area contributed by atoms with E-state index in [0.29, 0.717) is 11.1 Å². The number of benzene rings is 4. The van der Waals surface area contributed by atoms with E-state index in [9.17, 15) is 38.4 Å². The molecule has 0 radical (unpaired) electrons. The molecule has 56 heavy (non-hydrogen) atoms.